The van der Waals surface area contributed by atoms with E-state index < -0.39 is 7.22 Å². The number of rotatable bonds is 6. The van der Waals surface area contributed by atoms with Crippen LogP contribution >= 0.6 is 18.5 Å². The van der Waals surface area contributed by atoms with Crippen LogP contribution in [0.1, 0.15) is 6.92 Å². The minimum atomic E-state index is -1.18. The number of hydrogen-bond acceptors (Lipinski definition) is 3. The fourth-order valence-electron chi connectivity index (χ4n) is 0.618. The van der Waals surface area contributed by atoms with E-state index in [-0.39, 0.29) is 6.04 Å². The van der Waals surface area contributed by atoms with Gasteiger partial charge in [0.25, 0.3) is 0 Å². The average molecular weight is 214 g/mol. The lowest BCUT2D eigenvalue weighted by atomic mass is 10.4. The molecule has 0 aliphatic carbocycles. The Morgan fingerprint density at radius 2 is 2.25 bits per heavy atom. The number of nitrogens with zero attached hydrogens (tertiary/aromatic N) is 1. The quantitative estimate of drug-likeness (QED) is 0.540. The summed E-state index contributed by atoms with van der Waals surface area (Å²) in [6.45, 7) is 3.65. The van der Waals surface area contributed by atoms with E-state index in [4.69, 9.17) is 26.2 Å². The maximum atomic E-state index is 5.51. The normalized spacial score (nSPS) is 14.8. The van der Waals surface area contributed by atoms with Gasteiger partial charge in [0, 0.05) is 7.11 Å². The second kappa shape index (κ2) is 7.90. The van der Waals surface area contributed by atoms with Gasteiger partial charge in [-0.3, -0.25) is 0 Å². The molecular weight excluding hydrogens is 199 g/mol. The van der Waals surface area contributed by atoms with Crippen molar-refractivity contribution in [3.05, 3.63) is 0 Å². The molecule has 0 radical (unpaired) electrons. The first-order chi connectivity index (χ1) is 5.66. The maximum absolute atomic E-state index is 5.51. The summed E-state index contributed by atoms with van der Waals surface area (Å²) in [5.74, 6) is 0. The summed E-state index contributed by atoms with van der Waals surface area (Å²) in [5, 5.41) is 0. The molecule has 0 amide bonds. The van der Waals surface area contributed by atoms with Gasteiger partial charge in [0.1, 0.15) is 6.04 Å². The van der Waals surface area contributed by atoms with Gasteiger partial charge in [-0.05, 0) is 6.92 Å². The van der Waals surface area contributed by atoms with E-state index in [0.29, 0.717) is 19.8 Å². The highest BCUT2D eigenvalue weighted by Crippen LogP contribution is 2.21. The minimum Gasteiger partial charge on any atom is -0.382 e. The van der Waals surface area contributed by atoms with Crippen molar-refractivity contribution in [2.24, 2.45) is 10.2 Å². The van der Waals surface area contributed by atoms with E-state index in [1.807, 2.05) is 6.92 Å². The smallest absolute Gasteiger partial charge is 0.382 e. The first-order valence-corrected chi connectivity index (χ1v) is 5.91. The lowest BCUT2D eigenvalue weighted by Crippen LogP contribution is -2.11. The van der Waals surface area contributed by atoms with Gasteiger partial charge in [0.15, 0.2) is 0 Å². The van der Waals surface area contributed by atoms with Crippen molar-refractivity contribution < 1.29 is 9.47 Å². The van der Waals surface area contributed by atoms with Gasteiger partial charge in [-0.2, -0.15) is 0 Å². The molecule has 0 aromatic heterocycles. The van der Waals surface area contributed by atoms with E-state index in [0.717, 1.165) is 0 Å². The lowest BCUT2D eigenvalue weighted by Gasteiger charge is -2.03. The summed E-state index contributed by atoms with van der Waals surface area (Å²) in [6, 6.07) is 0.0652. The standard InChI is InChI=1S/C6H15ClN2O2P/c1-6(9-12(7)8)5-11-4-3-10-2/h6H,3-5H2,1-2H3,(H2,8,9)/q+1. The molecule has 0 aliphatic heterocycles. The molecule has 0 saturated heterocycles. The third-order valence-corrected chi connectivity index (χ3v) is 1.97. The Labute approximate surface area is 78.7 Å². The molecule has 72 valence electrons. The van der Waals surface area contributed by atoms with Crippen LogP contribution in [0.5, 0.6) is 0 Å². The van der Waals surface area contributed by atoms with Crippen LogP contribution in [0.25, 0.3) is 0 Å². The molecule has 2 unspecified atom stereocenters. The fourth-order valence-corrected chi connectivity index (χ4v) is 1.51. The molecule has 0 aromatic rings. The summed E-state index contributed by atoms with van der Waals surface area (Å²) in [4.78, 5) is 0. The Kier molecular flexibility index (Phi) is 8.07. The number of methoxy groups -OCH3 is 1. The molecular formula is C6H15ClN2O2P+. The van der Waals surface area contributed by atoms with Crippen molar-refractivity contribution >= 4 is 18.5 Å². The molecule has 4 nitrogen and oxygen atoms in total. The number of hydrogen-bond donors (Lipinski definition) is 1. The first kappa shape index (κ1) is 12.3. The van der Waals surface area contributed by atoms with Crippen molar-refractivity contribution in [1.29, 1.82) is 0 Å². The van der Waals surface area contributed by atoms with Crippen LogP contribution in [0, 0.1) is 0 Å². The van der Waals surface area contributed by atoms with Crippen molar-refractivity contribution in [1.82, 2.24) is 0 Å². The summed E-state index contributed by atoms with van der Waals surface area (Å²) in [5.41, 5.74) is 5.31. The van der Waals surface area contributed by atoms with E-state index >= 15 is 0 Å². The van der Waals surface area contributed by atoms with Gasteiger partial charge < -0.3 is 9.47 Å². The Morgan fingerprint density at radius 1 is 1.58 bits per heavy atom. The number of halogens is 1. The summed E-state index contributed by atoms with van der Waals surface area (Å²) in [6.07, 6.45) is 0. The summed E-state index contributed by atoms with van der Waals surface area (Å²) < 4.78 is 14.0. The molecule has 0 spiro atoms. The first-order valence-electron chi connectivity index (χ1n) is 3.65. The maximum Gasteiger partial charge on any atom is 0.413 e. The highest BCUT2D eigenvalue weighted by atomic mass is 35.7. The SMILES string of the molecule is COCCOCC(C)N=[P+](N)Cl. The topological polar surface area (TPSA) is 56.8 Å². The Bertz CT molecular complexity index is 142. The van der Waals surface area contributed by atoms with Crippen LogP contribution in [0.3, 0.4) is 0 Å². The average Bonchev–Trinajstić information content (AvgIpc) is 1.97. The third-order valence-electron chi connectivity index (χ3n) is 1.10. The van der Waals surface area contributed by atoms with Gasteiger partial charge >= 0.3 is 7.22 Å². The van der Waals surface area contributed by atoms with Gasteiger partial charge in [-0.1, -0.05) is 4.74 Å². The van der Waals surface area contributed by atoms with Crippen molar-refractivity contribution in [3.63, 3.8) is 0 Å². The molecule has 12 heavy (non-hydrogen) atoms. The van der Waals surface area contributed by atoms with Crippen LogP contribution in [0.15, 0.2) is 4.74 Å². The number of nitrogens with two attached hydrogens (primary N) is 1. The highest BCUT2D eigenvalue weighted by molar-refractivity contribution is 7.73. The number of ether oxygens (including phenoxy) is 2. The third kappa shape index (κ3) is 8.37. The zero-order chi connectivity index (χ0) is 9.40. The van der Waals surface area contributed by atoms with Crippen molar-refractivity contribution in [2.75, 3.05) is 26.9 Å². The fraction of sp³-hybridized carbons (Fsp3) is 1.00. The van der Waals surface area contributed by atoms with Crippen LogP contribution in [-0.4, -0.2) is 33.0 Å². The molecule has 6 heteroatoms. The predicted octanol–water partition coefficient (Wildman–Crippen LogP) is 1.73. The molecule has 2 N–H and O–H groups in total. The molecule has 0 aromatic carbocycles. The summed E-state index contributed by atoms with van der Waals surface area (Å²) in [7, 11) is 0.456. The molecule has 0 fully saturated rings. The van der Waals surface area contributed by atoms with Gasteiger partial charge in [-0.15, -0.1) is 5.50 Å². The second-order valence-corrected chi connectivity index (χ2v) is 4.17. The largest absolute Gasteiger partial charge is 0.413 e. The second-order valence-electron chi connectivity index (χ2n) is 2.32. The van der Waals surface area contributed by atoms with E-state index in [2.05, 4.69) is 4.74 Å². The molecule has 0 rings (SSSR count). The zero-order valence-corrected chi connectivity index (χ0v) is 9.02. The summed E-state index contributed by atoms with van der Waals surface area (Å²) >= 11 is 5.51. The molecule has 0 saturated carbocycles. The monoisotopic (exact) mass is 213 g/mol. The van der Waals surface area contributed by atoms with Crippen LogP contribution in [0.4, 0.5) is 0 Å². The zero-order valence-electron chi connectivity index (χ0n) is 7.36. The van der Waals surface area contributed by atoms with Crippen molar-refractivity contribution in [3.8, 4) is 0 Å². The van der Waals surface area contributed by atoms with Crippen LogP contribution < -0.4 is 5.50 Å². The lowest BCUT2D eigenvalue weighted by molar-refractivity contribution is 0.0661. The Hall–Kier alpha value is 0.270. The van der Waals surface area contributed by atoms with Crippen molar-refractivity contribution in [2.45, 2.75) is 13.0 Å². The van der Waals surface area contributed by atoms with Gasteiger partial charge in [-0.25, -0.2) is 0 Å². The molecule has 2 atom stereocenters. The highest BCUT2D eigenvalue weighted by Gasteiger charge is 2.06. The van der Waals surface area contributed by atoms with Gasteiger partial charge in [0.2, 0.25) is 11.2 Å². The van der Waals surface area contributed by atoms with Crippen LogP contribution in [0.2, 0.25) is 0 Å². The van der Waals surface area contributed by atoms with E-state index in [1.54, 1.807) is 7.11 Å². The minimum absolute atomic E-state index is 0.0652. The van der Waals surface area contributed by atoms with Crippen LogP contribution in [-0.2, 0) is 9.47 Å². The molecule has 0 bridgehead atoms. The Balaban J connectivity index is 3.32. The molecule has 0 aliphatic rings. The van der Waals surface area contributed by atoms with E-state index in [9.17, 15) is 0 Å². The molecule has 0 heterocycles. The predicted molar refractivity (Wildman–Crippen MR) is 51.5 cm³/mol. The van der Waals surface area contributed by atoms with E-state index in [1.165, 1.54) is 0 Å². The Morgan fingerprint density at radius 3 is 2.75 bits per heavy atom. The van der Waals surface area contributed by atoms with Gasteiger partial charge in [0.05, 0.1) is 19.8 Å².